The van der Waals surface area contributed by atoms with E-state index in [1.54, 1.807) is 30.3 Å². The average molecular weight is 491 g/mol. The molecule has 1 N–H and O–H groups in total. The lowest BCUT2D eigenvalue weighted by Crippen LogP contribution is -2.38. The van der Waals surface area contributed by atoms with Crippen LogP contribution in [0.3, 0.4) is 0 Å². The molecule has 0 aliphatic carbocycles. The van der Waals surface area contributed by atoms with Crippen molar-refractivity contribution in [2.75, 3.05) is 24.7 Å². The molecule has 0 radical (unpaired) electrons. The molecule has 0 saturated heterocycles. The van der Waals surface area contributed by atoms with Crippen molar-refractivity contribution in [3.8, 4) is 11.5 Å². The highest BCUT2D eigenvalue weighted by molar-refractivity contribution is 6.02. The number of fused-ring (bicyclic) bond motifs is 1. The maximum absolute atomic E-state index is 12.9. The summed E-state index contributed by atoms with van der Waals surface area (Å²) in [5.41, 5.74) is 2.94. The number of carbonyl (C=O) groups is 3. The number of furan rings is 1. The van der Waals surface area contributed by atoms with E-state index in [1.807, 2.05) is 39.0 Å². The SMILES string of the molecule is CCCCNC(=O)c1ccc(CN2C(=O)COc3ccc(C(=O)COc4ccc(C)cc4C)cc32)o1. The molecule has 188 valence electrons. The van der Waals surface area contributed by atoms with E-state index in [0.717, 1.165) is 24.0 Å². The Hall–Kier alpha value is -4.07. The van der Waals surface area contributed by atoms with Crippen molar-refractivity contribution in [1.29, 1.82) is 0 Å². The molecule has 1 aromatic heterocycles. The molecular weight excluding hydrogens is 460 g/mol. The predicted octanol–water partition coefficient (Wildman–Crippen LogP) is 4.61. The van der Waals surface area contributed by atoms with Gasteiger partial charge in [0.15, 0.2) is 24.8 Å². The van der Waals surface area contributed by atoms with Crippen LogP contribution in [-0.2, 0) is 11.3 Å². The van der Waals surface area contributed by atoms with Crippen LogP contribution in [0, 0.1) is 13.8 Å². The van der Waals surface area contributed by atoms with Gasteiger partial charge in [-0.05, 0) is 62.2 Å². The first kappa shape index (κ1) is 25.0. The van der Waals surface area contributed by atoms with Gasteiger partial charge in [-0.2, -0.15) is 0 Å². The van der Waals surface area contributed by atoms with Crippen molar-refractivity contribution in [2.24, 2.45) is 0 Å². The van der Waals surface area contributed by atoms with E-state index in [4.69, 9.17) is 13.9 Å². The van der Waals surface area contributed by atoms with Gasteiger partial charge < -0.3 is 19.2 Å². The first-order chi connectivity index (χ1) is 17.4. The van der Waals surface area contributed by atoms with Crippen LogP contribution in [0.1, 0.15) is 57.6 Å². The summed E-state index contributed by atoms with van der Waals surface area (Å²) in [5, 5.41) is 2.81. The van der Waals surface area contributed by atoms with Crippen molar-refractivity contribution >= 4 is 23.3 Å². The molecule has 2 heterocycles. The standard InChI is InChI=1S/C28H30N2O6/c1-4-5-12-29-28(33)26-11-8-21(36-26)15-30-22-14-20(7-10-25(22)35-17-27(30)32)23(31)16-34-24-9-6-18(2)13-19(24)3/h6-11,13-14H,4-5,12,15-17H2,1-3H3,(H,29,33). The Bertz CT molecular complexity index is 1280. The largest absolute Gasteiger partial charge is 0.485 e. The van der Waals surface area contributed by atoms with Crippen molar-refractivity contribution in [1.82, 2.24) is 5.32 Å². The normalized spacial score (nSPS) is 12.6. The number of nitrogens with zero attached hydrogens (tertiary/aromatic N) is 1. The minimum Gasteiger partial charge on any atom is -0.485 e. The number of amides is 2. The number of hydrogen-bond acceptors (Lipinski definition) is 6. The minimum atomic E-state index is -0.292. The molecule has 0 saturated carbocycles. The number of ether oxygens (including phenoxy) is 2. The summed E-state index contributed by atoms with van der Waals surface area (Å²) in [5.74, 6) is 0.995. The molecule has 0 fully saturated rings. The number of aryl methyl sites for hydroxylation is 2. The van der Waals surface area contributed by atoms with E-state index in [9.17, 15) is 14.4 Å². The fourth-order valence-corrected chi connectivity index (χ4v) is 3.94. The van der Waals surface area contributed by atoms with Crippen LogP contribution >= 0.6 is 0 Å². The number of rotatable bonds is 10. The van der Waals surface area contributed by atoms with E-state index in [1.165, 1.54) is 4.90 Å². The number of nitrogens with one attached hydrogen (secondary N) is 1. The Morgan fingerprint density at radius 3 is 2.69 bits per heavy atom. The first-order valence-electron chi connectivity index (χ1n) is 12.0. The molecule has 2 aromatic carbocycles. The molecule has 8 heteroatoms. The van der Waals surface area contributed by atoms with Gasteiger partial charge in [0, 0.05) is 12.1 Å². The Balaban J connectivity index is 1.47. The van der Waals surface area contributed by atoms with Crippen LogP contribution in [0.2, 0.25) is 0 Å². The third kappa shape index (κ3) is 5.76. The lowest BCUT2D eigenvalue weighted by molar-refractivity contribution is -0.121. The Kier molecular flexibility index (Phi) is 7.73. The molecule has 8 nitrogen and oxygen atoms in total. The summed E-state index contributed by atoms with van der Waals surface area (Å²) < 4.78 is 17.0. The second kappa shape index (κ2) is 11.1. The molecule has 0 atom stereocenters. The van der Waals surface area contributed by atoms with Crippen molar-refractivity contribution in [3.63, 3.8) is 0 Å². The quantitative estimate of drug-likeness (QED) is 0.329. The zero-order valence-electron chi connectivity index (χ0n) is 20.8. The minimum absolute atomic E-state index is 0.105. The van der Waals surface area contributed by atoms with Crippen LogP contribution in [0.4, 0.5) is 5.69 Å². The maximum Gasteiger partial charge on any atom is 0.286 e. The predicted molar refractivity (Wildman–Crippen MR) is 135 cm³/mol. The Morgan fingerprint density at radius 2 is 1.92 bits per heavy atom. The maximum atomic E-state index is 12.9. The molecule has 0 spiro atoms. The number of hydrogen-bond donors (Lipinski definition) is 1. The lowest BCUT2D eigenvalue weighted by Gasteiger charge is -2.29. The fraction of sp³-hybridized carbons (Fsp3) is 0.321. The van der Waals surface area contributed by atoms with E-state index in [-0.39, 0.29) is 43.1 Å². The van der Waals surface area contributed by atoms with Crippen LogP contribution in [0.5, 0.6) is 11.5 Å². The van der Waals surface area contributed by atoms with Crippen LogP contribution in [0.15, 0.2) is 52.9 Å². The van der Waals surface area contributed by atoms with Gasteiger partial charge in [0.25, 0.3) is 11.8 Å². The van der Waals surface area contributed by atoms with Gasteiger partial charge in [-0.1, -0.05) is 31.0 Å². The smallest absolute Gasteiger partial charge is 0.286 e. The fourth-order valence-electron chi connectivity index (χ4n) is 3.94. The topological polar surface area (TPSA) is 98.1 Å². The Labute approximate surface area is 210 Å². The number of benzene rings is 2. The van der Waals surface area contributed by atoms with Crippen molar-refractivity contribution in [3.05, 3.63) is 76.7 Å². The molecular formula is C28H30N2O6. The molecule has 2 amide bonds. The van der Waals surface area contributed by atoms with Gasteiger partial charge in [0.1, 0.15) is 17.3 Å². The highest BCUT2D eigenvalue weighted by Gasteiger charge is 2.28. The monoisotopic (exact) mass is 490 g/mol. The molecule has 0 unspecified atom stereocenters. The summed E-state index contributed by atoms with van der Waals surface area (Å²) in [4.78, 5) is 39.3. The van der Waals surface area contributed by atoms with E-state index in [0.29, 0.717) is 35.1 Å². The molecule has 3 aromatic rings. The van der Waals surface area contributed by atoms with Crippen molar-refractivity contribution in [2.45, 2.75) is 40.2 Å². The molecule has 1 aliphatic heterocycles. The van der Waals surface area contributed by atoms with E-state index < -0.39 is 0 Å². The van der Waals surface area contributed by atoms with Gasteiger partial charge in [0.05, 0.1) is 12.2 Å². The average Bonchev–Trinajstić information content (AvgIpc) is 3.34. The molecule has 36 heavy (non-hydrogen) atoms. The zero-order valence-corrected chi connectivity index (χ0v) is 20.8. The lowest BCUT2D eigenvalue weighted by atomic mass is 10.1. The van der Waals surface area contributed by atoms with Gasteiger partial charge in [-0.15, -0.1) is 0 Å². The van der Waals surface area contributed by atoms with Crippen LogP contribution in [-0.4, -0.2) is 37.4 Å². The summed E-state index contributed by atoms with van der Waals surface area (Å²) in [6, 6.07) is 14.0. The number of unbranched alkanes of at least 4 members (excludes halogenated alkanes) is 1. The molecule has 1 aliphatic rings. The van der Waals surface area contributed by atoms with Gasteiger partial charge in [0.2, 0.25) is 0 Å². The highest BCUT2D eigenvalue weighted by Crippen LogP contribution is 2.34. The Morgan fingerprint density at radius 1 is 1.08 bits per heavy atom. The summed E-state index contributed by atoms with van der Waals surface area (Å²) in [6.07, 6.45) is 1.86. The molecule has 4 rings (SSSR count). The first-order valence-corrected chi connectivity index (χ1v) is 12.0. The van der Waals surface area contributed by atoms with Gasteiger partial charge in [-0.25, -0.2) is 0 Å². The summed E-state index contributed by atoms with van der Waals surface area (Å²) >= 11 is 0. The number of carbonyl (C=O) groups excluding carboxylic acids is 3. The highest BCUT2D eigenvalue weighted by atomic mass is 16.5. The van der Waals surface area contributed by atoms with Crippen molar-refractivity contribution < 1.29 is 28.3 Å². The second-order valence-electron chi connectivity index (χ2n) is 8.81. The van der Waals surface area contributed by atoms with E-state index in [2.05, 4.69) is 5.32 Å². The van der Waals surface area contributed by atoms with Crippen LogP contribution < -0.4 is 19.7 Å². The second-order valence-corrected chi connectivity index (χ2v) is 8.81. The number of ketones is 1. The molecule has 0 bridgehead atoms. The van der Waals surface area contributed by atoms with Crippen LogP contribution in [0.25, 0.3) is 0 Å². The van der Waals surface area contributed by atoms with E-state index >= 15 is 0 Å². The van der Waals surface area contributed by atoms with Gasteiger partial charge in [-0.3, -0.25) is 19.3 Å². The number of Topliss-reactive ketones (excluding diaryl/α,β-unsaturated/α-hetero) is 1. The summed E-state index contributed by atoms with van der Waals surface area (Å²) in [7, 11) is 0. The zero-order chi connectivity index (χ0) is 25.7. The third-order valence-electron chi connectivity index (χ3n) is 5.93. The summed E-state index contributed by atoms with van der Waals surface area (Å²) in [6.45, 7) is 6.40. The van der Waals surface area contributed by atoms with Gasteiger partial charge >= 0.3 is 0 Å². The third-order valence-corrected chi connectivity index (χ3v) is 5.93. The number of anilines is 1.